The Kier molecular flexibility index (Phi) is 4.66. The standard InChI is InChI=1S/C22H22F3N5O2/c1-15-4-5-17(18(12-15)30-27-10-11-28-30)20-8-6-16(29(20)14-31)13-19(20)32-21(22(23,24)25)7-2-3-9-26-21/h2-5,7,9-12,14,16,19,26H,6,8,13H2,1H3/t16?,19?,20?,21-/m1/s1. The number of allylic oxidation sites excluding steroid dienone is 2. The van der Waals surface area contributed by atoms with E-state index in [2.05, 4.69) is 15.5 Å². The molecule has 4 heterocycles. The summed E-state index contributed by atoms with van der Waals surface area (Å²) in [5.41, 5.74) is -1.52. The van der Waals surface area contributed by atoms with Crippen LogP contribution in [0.3, 0.4) is 0 Å². The number of dihydropyridines is 1. The summed E-state index contributed by atoms with van der Waals surface area (Å²) in [5.74, 6) is 0. The van der Waals surface area contributed by atoms with Gasteiger partial charge in [0, 0.05) is 11.6 Å². The molecule has 168 valence electrons. The van der Waals surface area contributed by atoms with Gasteiger partial charge >= 0.3 is 6.18 Å². The Hall–Kier alpha value is -3.14. The van der Waals surface area contributed by atoms with E-state index in [1.54, 1.807) is 4.90 Å². The predicted octanol–water partition coefficient (Wildman–Crippen LogP) is 3.11. The molecule has 2 fully saturated rings. The normalized spacial score (nSPS) is 31.2. The number of carbonyl (C=O) groups excluding carboxylic acids is 1. The average Bonchev–Trinajstić information content (AvgIpc) is 3.48. The molecule has 3 aliphatic heterocycles. The van der Waals surface area contributed by atoms with Gasteiger partial charge in [0.2, 0.25) is 6.41 Å². The molecule has 10 heteroatoms. The van der Waals surface area contributed by atoms with Crippen molar-refractivity contribution in [3.8, 4) is 5.69 Å². The molecular weight excluding hydrogens is 423 g/mol. The van der Waals surface area contributed by atoms with Crippen LogP contribution in [0.4, 0.5) is 13.2 Å². The van der Waals surface area contributed by atoms with Crippen molar-refractivity contribution in [2.24, 2.45) is 0 Å². The fourth-order valence-electron chi connectivity index (χ4n) is 5.28. The fourth-order valence-corrected chi connectivity index (χ4v) is 5.28. The Bertz CT molecular complexity index is 1080. The maximum Gasteiger partial charge on any atom is 0.440 e. The van der Waals surface area contributed by atoms with E-state index in [4.69, 9.17) is 4.74 Å². The van der Waals surface area contributed by atoms with Crippen LogP contribution in [-0.4, -0.2) is 50.4 Å². The summed E-state index contributed by atoms with van der Waals surface area (Å²) < 4.78 is 48.4. The first-order chi connectivity index (χ1) is 15.3. The molecule has 3 unspecified atom stereocenters. The Morgan fingerprint density at radius 3 is 2.69 bits per heavy atom. The number of fused-ring (bicyclic) bond motifs is 2. The fraction of sp³-hybridized carbons (Fsp3) is 0.409. The lowest BCUT2D eigenvalue weighted by molar-refractivity contribution is -0.286. The van der Waals surface area contributed by atoms with Crippen LogP contribution >= 0.6 is 0 Å². The molecular formula is C22H22F3N5O2. The minimum atomic E-state index is -4.71. The zero-order chi connectivity index (χ0) is 22.6. The van der Waals surface area contributed by atoms with Gasteiger partial charge in [-0.1, -0.05) is 18.2 Å². The van der Waals surface area contributed by atoms with Gasteiger partial charge in [0.15, 0.2) is 0 Å². The molecule has 0 aliphatic carbocycles. The predicted molar refractivity (Wildman–Crippen MR) is 108 cm³/mol. The third-order valence-corrected chi connectivity index (χ3v) is 6.68. The summed E-state index contributed by atoms with van der Waals surface area (Å²) in [6.45, 7) is 1.91. The molecule has 1 aromatic heterocycles. The van der Waals surface area contributed by atoms with Crippen LogP contribution in [0.25, 0.3) is 5.69 Å². The van der Waals surface area contributed by atoms with Crippen LogP contribution < -0.4 is 5.32 Å². The van der Waals surface area contributed by atoms with Gasteiger partial charge in [-0.25, -0.2) is 0 Å². The smallest absolute Gasteiger partial charge is 0.353 e. The van der Waals surface area contributed by atoms with Gasteiger partial charge in [-0.2, -0.15) is 28.2 Å². The van der Waals surface area contributed by atoms with E-state index in [0.29, 0.717) is 30.5 Å². The number of carbonyl (C=O) groups is 1. The Morgan fingerprint density at radius 1 is 1.25 bits per heavy atom. The lowest BCUT2D eigenvalue weighted by atomic mass is 9.78. The molecule has 1 amide bonds. The van der Waals surface area contributed by atoms with E-state index in [-0.39, 0.29) is 6.04 Å². The second kappa shape index (κ2) is 7.19. The van der Waals surface area contributed by atoms with Crippen molar-refractivity contribution in [3.05, 3.63) is 66.1 Å². The van der Waals surface area contributed by atoms with Crippen molar-refractivity contribution >= 4 is 6.41 Å². The minimum absolute atomic E-state index is 0.203. The van der Waals surface area contributed by atoms with Gasteiger partial charge < -0.3 is 15.0 Å². The number of nitrogens with zero attached hydrogens (tertiary/aromatic N) is 4. The number of benzene rings is 1. The first-order valence-electron chi connectivity index (χ1n) is 10.4. The second-order valence-corrected chi connectivity index (χ2v) is 8.41. The van der Waals surface area contributed by atoms with Gasteiger partial charge in [0.05, 0.1) is 29.7 Å². The summed E-state index contributed by atoms with van der Waals surface area (Å²) in [5, 5.41) is 10.8. The Morgan fingerprint density at radius 2 is 2.03 bits per heavy atom. The molecule has 32 heavy (non-hydrogen) atoms. The Balaban J connectivity index is 1.65. The van der Waals surface area contributed by atoms with E-state index in [0.717, 1.165) is 18.0 Å². The van der Waals surface area contributed by atoms with Crippen LogP contribution in [-0.2, 0) is 15.1 Å². The number of ether oxygens (including phenoxy) is 1. The molecule has 7 nitrogen and oxygen atoms in total. The molecule has 4 atom stereocenters. The highest BCUT2D eigenvalue weighted by Crippen LogP contribution is 2.56. The molecule has 2 bridgehead atoms. The molecule has 5 rings (SSSR count). The molecule has 2 aromatic rings. The second-order valence-electron chi connectivity index (χ2n) is 8.41. The van der Waals surface area contributed by atoms with Crippen LogP contribution in [0.15, 0.2) is 55.0 Å². The summed E-state index contributed by atoms with van der Waals surface area (Å²) in [4.78, 5) is 15.3. The van der Waals surface area contributed by atoms with E-state index < -0.39 is 23.5 Å². The maximum atomic E-state index is 14.2. The largest absolute Gasteiger partial charge is 0.440 e. The summed E-state index contributed by atoms with van der Waals surface area (Å²) in [6, 6.07) is 5.39. The molecule has 1 aromatic carbocycles. The van der Waals surface area contributed by atoms with E-state index in [9.17, 15) is 18.0 Å². The van der Waals surface area contributed by atoms with Crippen molar-refractivity contribution in [2.75, 3.05) is 0 Å². The topological polar surface area (TPSA) is 72.3 Å². The number of aromatic nitrogens is 3. The SMILES string of the molecule is Cc1ccc(C23CCC(CC2O[C@@]2(C(F)(F)F)C=CC=CN2)N3C=O)c(-n2nccn2)c1. The minimum Gasteiger partial charge on any atom is -0.353 e. The highest BCUT2D eigenvalue weighted by atomic mass is 19.4. The summed E-state index contributed by atoms with van der Waals surface area (Å²) in [7, 11) is 0. The molecule has 0 spiro atoms. The lowest BCUT2D eigenvalue weighted by Gasteiger charge is -2.44. The highest BCUT2D eigenvalue weighted by molar-refractivity contribution is 5.58. The van der Waals surface area contributed by atoms with Gasteiger partial charge in [0.1, 0.15) is 0 Å². The third kappa shape index (κ3) is 2.89. The number of hydrogen-bond donors (Lipinski definition) is 1. The number of amides is 1. The number of nitrogens with one attached hydrogen (secondary N) is 1. The van der Waals surface area contributed by atoms with Crippen molar-refractivity contribution < 1.29 is 22.7 Å². The lowest BCUT2D eigenvalue weighted by Crippen LogP contribution is -2.60. The van der Waals surface area contributed by atoms with E-state index in [1.165, 1.54) is 35.5 Å². The molecule has 1 N–H and O–H groups in total. The molecule has 0 saturated carbocycles. The van der Waals surface area contributed by atoms with Crippen molar-refractivity contribution in [2.45, 2.75) is 55.8 Å². The number of hydrogen-bond acceptors (Lipinski definition) is 5. The zero-order valence-corrected chi connectivity index (χ0v) is 17.3. The van der Waals surface area contributed by atoms with Crippen LogP contribution in [0.2, 0.25) is 0 Å². The van der Waals surface area contributed by atoms with Gasteiger partial charge in [-0.3, -0.25) is 4.79 Å². The van der Waals surface area contributed by atoms with Crippen LogP contribution in [0.5, 0.6) is 0 Å². The molecule has 0 radical (unpaired) electrons. The quantitative estimate of drug-likeness (QED) is 0.717. The zero-order valence-electron chi connectivity index (χ0n) is 17.3. The first-order valence-corrected chi connectivity index (χ1v) is 10.4. The van der Waals surface area contributed by atoms with Gasteiger partial charge in [0.25, 0.3) is 5.72 Å². The summed E-state index contributed by atoms with van der Waals surface area (Å²) in [6.07, 6.45) is 4.63. The number of halogens is 3. The van der Waals surface area contributed by atoms with E-state index in [1.807, 2.05) is 25.1 Å². The highest BCUT2D eigenvalue weighted by Gasteiger charge is 2.65. The van der Waals surface area contributed by atoms with Crippen LogP contribution in [0, 0.1) is 6.92 Å². The number of alkyl halides is 3. The van der Waals surface area contributed by atoms with E-state index >= 15 is 0 Å². The maximum absolute atomic E-state index is 14.2. The average molecular weight is 445 g/mol. The van der Waals surface area contributed by atoms with Gasteiger partial charge in [-0.15, -0.1) is 0 Å². The third-order valence-electron chi connectivity index (χ3n) is 6.68. The van der Waals surface area contributed by atoms with Crippen LogP contribution in [0.1, 0.15) is 30.4 Å². The monoisotopic (exact) mass is 445 g/mol. The summed E-state index contributed by atoms with van der Waals surface area (Å²) >= 11 is 0. The van der Waals surface area contributed by atoms with Crippen molar-refractivity contribution in [1.82, 2.24) is 25.2 Å². The van der Waals surface area contributed by atoms with Crippen molar-refractivity contribution in [3.63, 3.8) is 0 Å². The number of aryl methyl sites for hydroxylation is 1. The van der Waals surface area contributed by atoms with Crippen molar-refractivity contribution in [1.29, 1.82) is 0 Å². The molecule has 2 saturated heterocycles. The first kappa shape index (κ1) is 20.7. The number of rotatable bonds is 5. The van der Waals surface area contributed by atoms with Gasteiger partial charge in [-0.05, 0) is 56.2 Å². The molecule has 3 aliphatic rings. The Labute approximate surface area is 182 Å².